The number of rotatable bonds is 3. The van der Waals surface area contributed by atoms with E-state index in [1.807, 2.05) is 6.07 Å². The highest BCUT2D eigenvalue weighted by Gasteiger charge is 2.17. The van der Waals surface area contributed by atoms with Gasteiger partial charge in [-0.15, -0.1) is 0 Å². The number of ether oxygens (including phenoxy) is 1. The summed E-state index contributed by atoms with van der Waals surface area (Å²) >= 11 is 5.21. The molecule has 1 unspecified atom stereocenters. The van der Waals surface area contributed by atoms with Gasteiger partial charge in [0.05, 0.1) is 17.5 Å². The molecule has 3 heterocycles. The number of aryl methyl sites for hydroxylation is 1. The fourth-order valence-electron chi connectivity index (χ4n) is 2.51. The number of fused-ring (bicyclic) bond motifs is 1. The molecule has 0 aromatic carbocycles. The summed E-state index contributed by atoms with van der Waals surface area (Å²) in [4.78, 5) is 0. The Morgan fingerprint density at radius 3 is 3.37 bits per heavy atom. The first-order valence-electron chi connectivity index (χ1n) is 6.70. The van der Waals surface area contributed by atoms with Crippen molar-refractivity contribution in [2.45, 2.75) is 31.9 Å². The van der Waals surface area contributed by atoms with Crippen LogP contribution in [0.3, 0.4) is 0 Å². The first kappa shape index (κ1) is 12.6. The first-order chi connectivity index (χ1) is 9.33. The van der Waals surface area contributed by atoms with Gasteiger partial charge in [0.1, 0.15) is 0 Å². The largest absolute Gasteiger partial charge is 0.376 e. The summed E-state index contributed by atoms with van der Waals surface area (Å²) < 4.78 is 7.73. The lowest BCUT2D eigenvalue weighted by Crippen LogP contribution is -2.37. The van der Waals surface area contributed by atoms with Gasteiger partial charge in [-0.1, -0.05) is 0 Å². The third kappa shape index (κ3) is 2.96. The topological polar surface area (TPSA) is 50.6 Å². The zero-order valence-electron chi connectivity index (χ0n) is 10.8. The molecule has 0 bridgehead atoms. The maximum absolute atomic E-state index is 5.53. The van der Waals surface area contributed by atoms with Crippen molar-refractivity contribution in [1.29, 1.82) is 0 Å². The van der Waals surface area contributed by atoms with Gasteiger partial charge in [0.2, 0.25) is 0 Å². The monoisotopic (exact) mass is 278 g/mol. The molecule has 0 amide bonds. The predicted octanol–water partition coefficient (Wildman–Crippen LogP) is 1.24. The van der Waals surface area contributed by atoms with Crippen LogP contribution in [0.25, 0.3) is 0 Å². The minimum Gasteiger partial charge on any atom is -0.376 e. The molecule has 3 rings (SSSR count). The summed E-state index contributed by atoms with van der Waals surface area (Å²) in [5, 5.41) is 8.09. The number of hydrogen-bond donors (Lipinski definition) is 2. The second-order valence-corrected chi connectivity index (χ2v) is 5.26. The van der Waals surface area contributed by atoms with E-state index in [-0.39, 0.29) is 6.10 Å². The molecular weight excluding hydrogens is 260 g/mol. The maximum Gasteiger partial charge on any atom is 0.187 e. The van der Waals surface area contributed by atoms with Crippen LogP contribution in [0.4, 0.5) is 0 Å². The van der Waals surface area contributed by atoms with Crippen molar-refractivity contribution < 1.29 is 4.74 Å². The van der Waals surface area contributed by atoms with Crippen molar-refractivity contribution in [3.05, 3.63) is 24.0 Å². The minimum absolute atomic E-state index is 0.288. The summed E-state index contributed by atoms with van der Waals surface area (Å²) in [5.41, 5.74) is 5.16. The van der Waals surface area contributed by atoms with Crippen LogP contribution in [0.1, 0.15) is 25.0 Å². The molecule has 2 N–H and O–H groups in total. The van der Waals surface area contributed by atoms with E-state index < -0.39 is 0 Å². The Bertz CT molecular complexity index is 491. The first-order valence-corrected chi connectivity index (χ1v) is 7.11. The quantitative estimate of drug-likeness (QED) is 0.645. The molecule has 19 heavy (non-hydrogen) atoms. The molecule has 0 spiro atoms. The lowest BCUT2D eigenvalue weighted by Gasteiger charge is -2.12. The van der Waals surface area contributed by atoms with E-state index in [1.54, 1.807) is 0 Å². The second-order valence-electron chi connectivity index (χ2n) is 4.85. The number of aromatic nitrogens is 1. The van der Waals surface area contributed by atoms with Gasteiger partial charge in [-0.3, -0.25) is 5.43 Å². The van der Waals surface area contributed by atoms with E-state index in [2.05, 4.69) is 32.7 Å². The molecule has 1 fully saturated rings. The Hall–Kier alpha value is -1.40. The van der Waals surface area contributed by atoms with Gasteiger partial charge < -0.3 is 14.6 Å². The summed E-state index contributed by atoms with van der Waals surface area (Å²) in [6.45, 7) is 2.62. The predicted molar refractivity (Wildman–Crippen MR) is 78.3 cm³/mol. The Kier molecular flexibility index (Phi) is 3.79. The van der Waals surface area contributed by atoms with E-state index in [0.29, 0.717) is 5.11 Å². The van der Waals surface area contributed by atoms with Crippen LogP contribution in [-0.2, 0) is 11.3 Å². The molecule has 6 heteroatoms. The maximum atomic E-state index is 5.53. The molecule has 1 aromatic heterocycles. The number of hydrogen-bond acceptors (Lipinski definition) is 3. The van der Waals surface area contributed by atoms with Gasteiger partial charge in [0, 0.05) is 32.3 Å². The van der Waals surface area contributed by atoms with Crippen LogP contribution in [0.5, 0.6) is 0 Å². The highest BCUT2D eigenvalue weighted by molar-refractivity contribution is 7.80. The van der Waals surface area contributed by atoms with Crippen LogP contribution < -0.4 is 10.7 Å². The van der Waals surface area contributed by atoms with Crippen molar-refractivity contribution in [3.8, 4) is 0 Å². The van der Waals surface area contributed by atoms with E-state index >= 15 is 0 Å². The molecule has 1 aromatic rings. The van der Waals surface area contributed by atoms with Crippen molar-refractivity contribution in [2.75, 3.05) is 13.2 Å². The van der Waals surface area contributed by atoms with Crippen LogP contribution >= 0.6 is 12.2 Å². The average Bonchev–Trinajstić information content (AvgIpc) is 3.11. The molecule has 2 aliphatic rings. The van der Waals surface area contributed by atoms with Crippen LogP contribution in [0.2, 0.25) is 0 Å². The third-order valence-corrected chi connectivity index (χ3v) is 3.76. The zero-order chi connectivity index (χ0) is 13.1. The molecule has 102 valence electrons. The number of nitrogens with zero attached hydrogens (tertiary/aromatic N) is 2. The van der Waals surface area contributed by atoms with Gasteiger partial charge in [0.25, 0.3) is 0 Å². The minimum atomic E-state index is 0.288. The lowest BCUT2D eigenvalue weighted by atomic mass is 10.2. The fourth-order valence-corrected chi connectivity index (χ4v) is 2.64. The standard InChI is InChI=1S/C13H18N4OS/c19-13(14-9-10-3-2-8-18-10)16-15-11-5-7-17-6-1-4-12(11)17/h1,4,6,10H,2-3,5,7-9H2,(H2,14,16,19)/b15-11-. The smallest absolute Gasteiger partial charge is 0.187 e. The van der Waals surface area contributed by atoms with Gasteiger partial charge in [-0.2, -0.15) is 5.10 Å². The van der Waals surface area contributed by atoms with E-state index in [0.717, 1.165) is 44.7 Å². The normalized spacial score (nSPS) is 23.6. The summed E-state index contributed by atoms with van der Waals surface area (Å²) in [5.74, 6) is 0. The summed E-state index contributed by atoms with van der Waals surface area (Å²) in [6, 6.07) is 4.12. The average molecular weight is 278 g/mol. The fraction of sp³-hybridized carbons (Fsp3) is 0.538. The number of thiocarbonyl (C=S) groups is 1. The Balaban J connectivity index is 1.48. The van der Waals surface area contributed by atoms with E-state index in [4.69, 9.17) is 17.0 Å². The highest BCUT2D eigenvalue weighted by Crippen LogP contribution is 2.15. The zero-order valence-corrected chi connectivity index (χ0v) is 11.6. The molecule has 1 saturated heterocycles. The molecular formula is C13H18N4OS. The van der Waals surface area contributed by atoms with Crippen LogP contribution in [0, 0.1) is 0 Å². The number of nitrogens with one attached hydrogen (secondary N) is 2. The van der Waals surface area contributed by atoms with Gasteiger partial charge in [0.15, 0.2) is 5.11 Å². The molecule has 0 aliphatic carbocycles. The van der Waals surface area contributed by atoms with Crippen LogP contribution in [0.15, 0.2) is 23.4 Å². The molecule has 0 saturated carbocycles. The van der Waals surface area contributed by atoms with Crippen molar-refractivity contribution in [1.82, 2.24) is 15.3 Å². The SMILES string of the molecule is S=C(NCC1CCCO1)N/N=C1/CCn2cccc21. The number of hydrazone groups is 1. The van der Waals surface area contributed by atoms with Crippen molar-refractivity contribution >= 4 is 23.0 Å². The van der Waals surface area contributed by atoms with E-state index in [9.17, 15) is 0 Å². The van der Waals surface area contributed by atoms with Gasteiger partial charge >= 0.3 is 0 Å². The van der Waals surface area contributed by atoms with Gasteiger partial charge in [-0.05, 0) is 37.2 Å². The van der Waals surface area contributed by atoms with Gasteiger partial charge in [-0.25, -0.2) is 0 Å². The van der Waals surface area contributed by atoms with Crippen LogP contribution in [-0.4, -0.2) is 34.6 Å². The van der Waals surface area contributed by atoms with E-state index in [1.165, 1.54) is 5.69 Å². The lowest BCUT2D eigenvalue weighted by molar-refractivity contribution is 0.114. The molecule has 0 radical (unpaired) electrons. The molecule has 2 aliphatic heterocycles. The van der Waals surface area contributed by atoms with Crippen molar-refractivity contribution in [2.24, 2.45) is 5.10 Å². The summed E-state index contributed by atoms with van der Waals surface area (Å²) in [7, 11) is 0. The van der Waals surface area contributed by atoms with Crippen molar-refractivity contribution in [3.63, 3.8) is 0 Å². The Morgan fingerprint density at radius 1 is 1.58 bits per heavy atom. The Morgan fingerprint density at radius 2 is 2.53 bits per heavy atom. The molecule has 5 nitrogen and oxygen atoms in total. The second kappa shape index (κ2) is 5.71. The third-order valence-electron chi connectivity index (χ3n) is 3.52. The highest BCUT2D eigenvalue weighted by atomic mass is 32.1. The summed E-state index contributed by atoms with van der Waals surface area (Å²) in [6.07, 6.45) is 5.57. The Labute approximate surface area is 118 Å². The molecule has 1 atom stereocenters.